The molecule has 7 heteroatoms. The Morgan fingerprint density at radius 2 is 1.88 bits per heavy atom. The highest BCUT2D eigenvalue weighted by atomic mass is 32.3. The number of amides is 1. The molecule has 0 aromatic carbocycles. The van der Waals surface area contributed by atoms with E-state index in [0.717, 1.165) is 0 Å². The van der Waals surface area contributed by atoms with Gasteiger partial charge >= 0.3 is 16.6 Å². The lowest BCUT2D eigenvalue weighted by atomic mass is 11.4. The van der Waals surface area contributed by atoms with Crippen LogP contribution in [0.4, 0.5) is 13.1 Å². The molecule has 0 atom stereocenters. The van der Waals surface area contributed by atoms with Gasteiger partial charge in [0.1, 0.15) is 0 Å². The van der Waals surface area contributed by atoms with Crippen LogP contribution in [0.25, 0.3) is 0 Å². The molecule has 0 unspecified atom stereocenters. The molecule has 0 bridgehead atoms. The van der Waals surface area contributed by atoms with Gasteiger partial charge in [-0.3, -0.25) is 0 Å². The third-order valence-electron chi connectivity index (χ3n) is 0.202. The number of nitrogens with one attached hydrogen (secondary N) is 1. The second-order valence-electron chi connectivity index (χ2n) is 0.814. The van der Waals surface area contributed by atoms with Crippen LogP contribution in [0.3, 0.4) is 0 Å². The largest absolute Gasteiger partial charge is 0.413 e. The van der Waals surface area contributed by atoms with Crippen LogP contribution < -0.4 is 4.72 Å². The predicted molar refractivity (Wildman–Crippen MR) is 19.7 cm³/mol. The number of carbonyl (C=O) groups excluding carboxylic acids is 1. The molecular weight excluding hydrogens is 144 g/mol. The van der Waals surface area contributed by atoms with E-state index < -0.39 is 16.6 Å². The maximum absolute atomic E-state index is 11.0. The molecule has 0 aliphatic rings. The number of hydrogen-bond acceptors (Lipinski definition) is 3. The molecule has 0 rings (SSSR count). The average Bonchev–Trinajstić information content (AvgIpc) is 1.21. The first-order chi connectivity index (χ1) is 3.42. The zero-order valence-electron chi connectivity index (χ0n) is 3.39. The standard InChI is InChI=1S/CHF2NO3S/c2-1(5)4-8(3,6)7/h(H,4,5). The first kappa shape index (κ1) is 7.28. The van der Waals surface area contributed by atoms with Crippen LogP contribution in [0.5, 0.6) is 0 Å². The summed E-state index contributed by atoms with van der Waals surface area (Å²) in [6.45, 7) is 0. The van der Waals surface area contributed by atoms with E-state index >= 15 is 0 Å². The summed E-state index contributed by atoms with van der Waals surface area (Å²) in [5.41, 5.74) is 0. The summed E-state index contributed by atoms with van der Waals surface area (Å²) in [6.07, 6.45) is -2.44. The SMILES string of the molecule is O=C(F)NS(=O)(=O)F. The fourth-order valence-corrected chi connectivity index (χ4v) is 0.288. The van der Waals surface area contributed by atoms with Crippen LogP contribution in [-0.2, 0) is 10.4 Å². The van der Waals surface area contributed by atoms with Crippen molar-refractivity contribution in [3.05, 3.63) is 0 Å². The zero-order chi connectivity index (χ0) is 6.78. The molecule has 4 nitrogen and oxygen atoms in total. The molecule has 0 saturated carbocycles. The Kier molecular flexibility index (Phi) is 1.85. The second-order valence-corrected chi connectivity index (χ2v) is 1.89. The Hall–Kier alpha value is -0.720. The molecule has 0 radical (unpaired) electrons. The van der Waals surface area contributed by atoms with Gasteiger partial charge in [-0.2, -0.15) is 13.1 Å². The summed E-state index contributed by atoms with van der Waals surface area (Å²) in [7, 11) is -5.20. The minimum atomic E-state index is -5.20. The van der Waals surface area contributed by atoms with Crippen LogP contribution in [0, 0.1) is 0 Å². The summed E-state index contributed by atoms with van der Waals surface area (Å²) in [5.74, 6) is 0. The Balaban J connectivity index is 3.95. The smallest absolute Gasteiger partial charge is 0.233 e. The monoisotopic (exact) mass is 145 g/mol. The van der Waals surface area contributed by atoms with E-state index in [1.54, 1.807) is 0 Å². The van der Waals surface area contributed by atoms with Gasteiger partial charge in [0.2, 0.25) is 0 Å². The van der Waals surface area contributed by atoms with Gasteiger partial charge in [-0.15, -0.1) is 4.39 Å². The van der Waals surface area contributed by atoms with Crippen molar-refractivity contribution in [2.75, 3.05) is 0 Å². The fraction of sp³-hybridized carbons (Fsp3) is 0. The first-order valence-electron chi connectivity index (χ1n) is 1.33. The molecule has 0 aliphatic heterocycles. The normalized spacial score (nSPS) is 10.8. The molecule has 0 saturated heterocycles. The highest BCUT2D eigenvalue weighted by molar-refractivity contribution is 7.84. The molecule has 48 valence electrons. The Bertz CT molecular complexity index is 183. The number of carbonyl (C=O) groups is 1. The van der Waals surface area contributed by atoms with Crippen LogP contribution >= 0.6 is 0 Å². The van der Waals surface area contributed by atoms with Gasteiger partial charge in [-0.1, -0.05) is 3.89 Å². The summed E-state index contributed by atoms with van der Waals surface area (Å²) in [5, 5.41) is 0. The Morgan fingerprint density at radius 1 is 1.50 bits per heavy atom. The van der Waals surface area contributed by atoms with Gasteiger partial charge in [0, 0.05) is 0 Å². The minimum Gasteiger partial charge on any atom is -0.233 e. The Morgan fingerprint density at radius 3 is 1.88 bits per heavy atom. The van der Waals surface area contributed by atoms with Gasteiger partial charge in [0.05, 0.1) is 0 Å². The van der Waals surface area contributed by atoms with Crippen molar-refractivity contribution in [2.24, 2.45) is 0 Å². The average molecular weight is 145 g/mol. The minimum absolute atomic E-state index is 0.382. The highest BCUT2D eigenvalue weighted by Gasteiger charge is 2.09. The van der Waals surface area contributed by atoms with Crippen molar-refractivity contribution in [2.45, 2.75) is 0 Å². The van der Waals surface area contributed by atoms with Crippen LogP contribution in [0.15, 0.2) is 0 Å². The molecule has 0 spiro atoms. The van der Waals surface area contributed by atoms with Crippen molar-refractivity contribution >= 4 is 16.6 Å². The van der Waals surface area contributed by atoms with E-state index in [1.165, 1.54) is 0 Å². The predicted octanol–water partition coefficient (Wildman–Crippen LogP) is -0.120. The number of hydrogen-bond donors (Lipinski definition) is 1. The quantitative estimate of drug-likeness (QED) is 0.413. The fourth-order valence-electron chi connectivity index (χ4n) is 0.0958. The van der Waals surface area contributed by atoms with Crippen molar-refractivity contribution in [3.8, 4) is 0 Å². The number of halogens is 2. The van der Waals surface area contributed by atoms with Gasteiger partial charge in [-0.25, -0.2) is 4.79 Å². The van der Waals surface area contributed by atoms with E-state index in [-0.39, 0.29) is 0 Å². The topological polar surface area (TPSA) is 63.2 Å². The molecule has 0 aliphatic carbocycles. The van der Waals surface area contributed by atoms with Gasteiger partial charge in [0.15, 0.2) is 0 Å². The maximum Gasteiger partial charge on any atom is 0.413 e. The van der Waals surface area contributed by atoms with E-state index in [2.05, 4.69) is 0 Å². The van der Waals surface area contributed by atoms with Crippen LogP contribution in [-0.4, -0.2) is 14.6 Å². The molecule has 1 amide bonds. The van der Waals surface area contributed by atoms with Crippen LogP contribution in [0.1, 0.15) is 0 Å². The maximum atomic E-state index is 11.0. The van der Waals surface area contributed by atoms with E-state index in [4.69, 9.17) is 4.79 Å². The van der Waals surface area contributed by atoms with Crippen molar-refractivity contribution in [1.29, 1.82) is 0 Å². The van der Waals surface area contributed by atoms with E-state index in [0.29, 0.717) is 4.72 Å². The highest BCUT2D eigenvalue weighted by Crippen LogP contribution is 1.83. The molecule has 8 heavy (non-hydrogen) atoms. The first-order valence-corrected chi connectivity index (χ1v) is 2.72. The summed E-state index contributed by atoms with van der Waals surface area (Å²) in [6, 6.07) is 0. The van der Waals surface area contributed by atoms with Gasteiger partial charge in [-0.05, 0) is 0 Å². The van der Waals surface area contributed by atoms with E-state index in [9.17, 15) is 16.7 Å². The molecule has 0 aromatic heterocycles. The Labute approximate surface area is 43.8 Å². The van der Waals surface area contributed by atoms with Crippen LogP contribution in [0.2, 0.25) is 0 Å². The molecule has 0 heterocycles. The molecule has 1 N–H and O–H groups in total. The van der Waals surface area contributed by atoms with Crippen molar-refractivity contribution in [1.82, 2.24) is 4.72 Å². The van der Waals surface area contributed by atoms with Crippen molar-refractivity contribution in [3.63, 3.8) is 0 Å². The lowest BCUT2D eigenvalue weighted by molar-refractivity contribution is 0.227. The number of rotatable bonds is 1. The van der Waals surface area contributed by atoms with Gasteiger partial charge in [0.25, 0.3) is 0 Å². The van der Waals surface area contributed by atoms with E-state index in [1.807, 2.05) is 0 Å². The third kappa shape index (κ3) is 5.28. The molecule has 0 aromatic rings. The van der Waals surface area contributed by atoms with Gasteiger partial charge < -0.3 is 0 Å². The lowest BCUT2D eigenvalue weighted by Crippen LogP contribution is -2.21. The zero-order valence-corrected chi connectivity index (χ0v) is 4.21. The third-order valence-corrected chi connectivity index (χ3v) is 0.606. The molecular formula is CHF2NO3S. The summed E-state index contributed by atoms with van der Waals surface area (Å²) < 4.78 is 40.7. The molecule has 0 fully saturated rings. The second kappa shape index (κ2) is 2.03. The lowest BCUT2D eigenvalue weighted by Gasteiger charge is -1.85. The summed E-state index contributed by atoms with van der Waals surface area (Å²) in [4.78, 5) is 9.06. The van der Waals surface area contributed by atoms with Crippen molar-refractivity contribution < 1.29 is 21.5 Å². The summed E-state index contributed by atoms with van der Waals surface area (Å²) >= 11 is 0.